The fourth-order valence-corrected chi connectivity index (χ4v) is 1.60. The van der Waals surface area contributed by atoms with Gasteiger partial charge in [0.05, 0.1) is 24.2 Å². The van der Waals surface area contributed by atoms with Gasteiger partial charge in [0.2, 0.25) is 0 Å². The highest BCUT2D eigenvalue weighted by atomic mass is 79.9. The monoisotopic (exact) mass is 296 g/mol. The number of aliphatic hydroxyl groups is 1. The molecule has 0 aliphatic rings. The second-order valence-electron chi connectivity index (χ2n) is 3.76. The molecule has 0 saturated heterocycles. The van der Waals surface area contributed by atoms with E-state index in [0.29, 0.717) is 5.75 Å². The Labute approximate surface area is 108 Å². The Hall–Kier alpha value is -1.33. The lowest BCUT2D eigenvalue weighted by molar-refractivity contribution is 0.122. The second kappa shape index (κ2) is 5.33. The average molecular weight is 297 g/mol. The summed E-state index contributed by atoms with van der Waals surface area (Å²) in [4.78, 5) is 0. The van der Waals surface area contributed by atoms with Crippen LogP contribution in [0.2, 0.25) is 0 Å². The van der Waals surface area contributed by atoms with Gasteiger partial charge in [0.25, 0.3) is 0 Å². The first-order valence-electron chi connectivity index (χ1n) is 5.26. The summed E-state index contributed by atoms with van der Waals surface area (Å²) in [6.45, 7) is 1.95. The highest BCUT2D eigenvalue weighted by Crippen LogP contribution is 2.16. The van der Waals surface area contributed by atoms with Crippen molar-refractivity contribution in [3.8, 4) is 11.4 Å². The maximum Gasteiger partial charge on any atom is 0.157 e. The van der Waals surface area contributed by atoms with E-state index < -0.39 is 6.10 Å². The van der Waals surface area contributed by atoms with E-state index in [2.05, 4.69) is 21.0 Å². The highest BCUT2D eigenvalue weighted by Gasteiger charge is 2.03. The molecule has 0 aliphatic carbocycles. The van der Waals surface area contributed by atoms with Crippen LogP contribution in [-0.4, -0.2) is 27.6 Å². The number of halogens is 1. The molecule has 1 unspecified atom stereocenters. The van der Waals surface area contributed by atoms with E-state index in [0.717, 1.165) is 10.2 Å². The van der Waals surface area contributed by atoms with Gasteiger partial charge >= 0.3 is 0 Å². The zero-order valence-corrected chi connectivity index (χ0v) is 11.0. The minimum Gasteiger partial charge on any atom is -0.488 e. The van der Waals surface area contributed by atoms with Gasteiger partial charge in [-0.1, -0.05) is 15.9 Å². The first kappa shape index (κ1) is 12.1. The molecule has 0 spiro atoms. The van der Waals surface area contributed by atoms with Crippen LogP contribution in [0.25, 0.3) is 5.69 Å². The van der Waals surface area contributed by atoms with Crippen molar-refractivity contribution < 1.29 is 9.84 Å². The minimum absolute atomic E-state index is 0.270. The van der Waals surface area contributed by atoms with Crippen LogP contribution in [0.5, 0.6) is 5.75 Å². The van der Waals surface area contributed by atoms with Crippen LogP contribution in [0.15, 0.2) is 41.1 Å². The molecule has 2 aromatic rings. The maximum atomic E-state index is 9.11. The lowest BCUT2D eigenvalue weighted by atomic mass is 10.3. The Morgan fingerprint density at radius 1 is 1.41 bits per heavy atom. The standard InChI is InChI=1S/C12H13BrN2O2/c1-9(16)8-17-12-6-14-15(7-12)11-4-2-10(13)3-5-11/h2-7,9,16H,8H2,1H3. The predicted molar refractivity (Wildman–Crippen MR) is 68.4 cm³/mol. The van der Waals surface area contributed by atoms with Crippen LogP contribution in [-0.2, 0) is 0 Å². The molecule has 0 radical (unpaired) electrons. The fraction of sp³-hybridized carbons (Fsp3) is 0.250. The molecule has 17 heavy (non-hydrogen) atoms. The molecular formula is C12H13BrN2O2. The Kier molecular flexibility index (Phi) is 3.81. The molecule has 4 nitrogen and oxygen atoms in total. The van der Waals surface area contributed by atoms with Crippen molar-refractivity contribution in [1.29, 1.82) is 0 Å². The summed E-state index contributed by atoms with van der Waals surface area (Å²) in [6, 6.07) is 7.81. The number of aliphatic hydroxyl groups excluding tert-OH is 1. The van der Waals surface area contributed by atoms with Gasteiger partial charge in [-0.15, -0.1) is 0 Å². The summed E-state index contributed by atoms with van der Waals surface area (Å²) in [6.07, 6.45) is 2.93. The van der Waals surface area contributed by atoms with Crippen LogP contribution in [0.1, 0.15) is 6.92 Å². The predicted octanol–water partition coefficient (Wildman–Crippen LogP) is 2.39. The van der Waals surface area contributed by atoms with Crippen LogP contribution in [0.3, 0.4) is 0 Å². The topological polar surface area (TPSA) is 47.3 Å². The smallest absolute Gasteiger partial charge is 0.157 e. The molecule has 0 aliphatic heterocycles. The number of hydrogen-bond donors (Lipinski definition) is 1. The number of aromatic nitrogens is 2. The largest absolute Gasteiger partial charge is 0.488 e. The van der Waals surface area contributed by atoms with Gasteiger partial charge < -0.3 is 9.84 Å². The molecule has 0 saturated carbocycles. The number of nitrogens with zero attached hydrogens (tertiary/aromatic N) is 2. The molecule has 2 rings (SSSR count). The molecule has 1 aromatic carbocycles. The van der Waals surface area contributed by atoms with Gasteiger partial charge in [0.15, 0.2) is 5.75 Å². The zero-order valence-electron chi connectivity index (χ0n) is 9.38. The summed E-state index contributed by atoms with van der Waals surface area (Å²) >= 11 is 3.38. The molecule has 0 amide bonds. The van der Waals surface area contributed by atoms with Crippen LogP contribution in [0, 0.1) is 0 Å². The van der Waals surface area contributed by atoms with E-state index in [4.69, 9.17) is 9.84 Å². The summed E-state index contributed by atoms with van der Waals surface area (Å²) < 4.78 is 8.10. The minimum atomic E-state index is -0.481. The van der Waals surface area contributed by atoms with E-state index in [1.54, 1.807) is 24.0 Å². The average Bonchev–Trinajstić information content (AvgIpc) is 2.76. The van der Waals surface area contributed by atoms with Crippen LogP contribution >= 0.6 is 15.9 Å². The summed E-state index contributed by atoms with van der Waals surface area (Å²) in [5, 5.41) is 13.3. The first-order valence-corrected chi connectivity index (χ1v) is 6.06. The molecule has 5 heteroatoms. The third-order valence-electron chi connectivity index (χ3n) is 2.14. The molecule has 0 bridgehead atoms. The molecule has 1 N–H and O–H groups in total. The van der Waals surface area contributed by atoms with Gasteiger partial charge in [-0.3, -0.25) is 0 Å². The van der Waals surface area contributed by atoms with Gasteiger partial charge in [-0.2, -0.15) is 5.10 Å². The van der Waals surface area contributed by atoms with Crippen molar-refractivity contribution in [2.75, 3.05) is 6.61 Å². The van der Waals surface area contributed by atoms with Crippen molar-refractivity contribution in [3.63, 3.8) is 0 Å². The van der Waals surface area contributed by atoms with E-state index in [1.165, 1.54) is 0 Å². The van der Waals surface area contributed by atoms with E-state index >= 15 is 0 Å². The van der Waals surface area contributed by atoms with Crippen molar-refractivity contribution in [3.05, 3.63) is 41.1 Å². The van der Waals surface area contributed by atoms with Crippen LogP contribution < -0.4 is 4.74 Å². The van der Waals surface area contributed by atoms with Gasteiger partial charge in [-0.25, -0.2) is 4.68 Å². The van der Waals surface area contributed by atoms with E-state index in [-0.39, 0.29) is 6.61 Å². The lowest BCUT2D eigenvalue weighted by Gasteiger charge is -2.04. The van der Waals surface area contributed by atoms with E-state index in [9.17, 15) is 0 Å². The molecule has 1 aromatic heterocycles. The number of benzene rings is 1. The molecule has 1 atom stereocenters. The lowest BCUT2D eigenvalue weighted by Crippen LogP contribution is -2.12. The molecular weight excluding hydrogens is 284 g/mol. The maximum absolute atomic E-state index is 9.11. The van der Waals surface area contributed by atoms with Gasteiger partial charge in [0, 0.05) is 4.47 Å². The highest BCUT2D eigenvalue weighted by molar-refractivity contribution is 9.10. The molecule has 0 fully saturated rings. The van der Waals surface area contributed by atoms with Crippen LogP contribution in [0.4, 0.5) is 0 Å². The van der Waals surface area contributed by atoms with Crippen molar-refractivity contribution in [2.24, 2.45) is 0 Å². The second-order valence-corrected chi connectivity index (χ2v) is 4.67. The number of hydrogen-bond acceptors (Lipinski definition) is 3. The quantitative estimate of drug-likeness (QED) is 0.942. The fourth-order valence-electron chi connectivity index (χ4n) is 1.33. The third kappa shape index (κ3) is 3.31. The zero-order chi connectivity index (χ0) is 12.3. The summed E-state index contributed by atoms with van der Waals surface area (Å²) in [5.41, 5.74) is 0.958. The molecule has 1 heterocycles. The summed E-state index contributed by atoms with van der Waals surface area (Å²) in [5.74, 6) is 0.647. The van der Waals surface area contributed by atoms with Crippen molar-refractivity contribution in [2.45, 2.75) is 13.0 Å². The van der Waals surface area contributed by atoms with E-state index in [1.807, 2.05) is 24.3 Å². The normalized spacial score (nSPS) is 12.4. The third-order valence-corrected chi connectivity index (χ3v) is 2.67. The Bertz CT molecular complexity index is 480. The summed E-state index contributed by atoms with van der Waals surface area (Å²) in [7, 11) is 0. The molecule has 90 valence electrons. The van der Waals surface area contributed by atoms with Gasteiger partial charge in [0.1, 0.15) is 6.61 Å². The Morgan fingerprint density at radius 2 is 2.12 bits per heavy atom. The number of ether oxygens (including phenoxy) is 1. The van der Waals surface area contributed by atoms with Crippen molar-refractivity contribution >= 4 is 15.9 Å². The first-order chi connectivity index (χ1) is 8.15. The van der Waals surface area contributed by atoms with Crippen molar-refractivity contribution in [1.82, 2.24) is 9.78 Å². The number of rotatable bonds is 4. The Morgan fingerprint density at radius 3 is 2.76 bits per heavy atom. The SMILES string of the molecule is CC(O)COc1cnn(-c2ccc(Br)cc2)c1. The van der Waals surface area contributed by atoms with Gasteiger partial charge in [-0.05, 0) is 31.2 Å². The Balaban J connectivity index is 2.10.